The Balaban J connectivity index is 1.48. The predicted octanol–water partition coefficient (Wildman–Crippen LogP) is 5.41. The van der Waals surface area contributed by atoms with Crippen molar-refractivity contribution in [1.29, 1.82) is 0 Å². The topological polar surface area (TPSA) is 70.1 Å². The zero-order valence-corrected chi connectivity index (χ0v) is 21.7. The summed E-state index contributed by atoms with van der Waals surface area (Å²) in [5.74, 6) is -0.460. The Kier molecular flexibility index (Phi) is 6.54. The number of anilines is 2. The van der Waals surface area contributed by atoms with Gasteiger partial charge in [0.25, 0.3) is 5.91 Å². The molecule has 2 heterocycles. The summed E-state index contributed by atoms with van der Waals surface area (Å²) in [5.41, 5.74) is 3.08. The molecule has 3 aromatic carbocycles. The van der Waals surface area contributed by atoms with Gasteiger partial charge in [-0.3, -0.25) is 9.80 Å². The van der Waals surface area contributed by atoms with Gasteiger partial charge < -0.3 is 4.90 Å². The van der Waals surface area contributed by atoms with Gasteiger partial charge in [0.15, 0.2) is 9.84 Å². The van der Waals surface area contributed by atoms with Crippen LogP contribution in [0.25, 0.3) is 11.1 Å². The minimum Gasteiger partial charge on any atom is -0.310 e. The summed E-state index contributed by atoms with van der Waals surface area (Å²) in [6.07, 6.45) is -2.83. The molecule has 0 N–H and O–H groups in total. The van der Waals surface area contributed by atoms with Crippen molar-refractivity contribution in [2.24, 2.45) is 5.10 Å². The third kappa shape index (κ3) is 4.80. The van der Waals surface area contributed by atoms with Gasteiger partial charge in [-0.05, 0) is 59.9 Å². The van der Waals surface area contributed by atoms with Crippen molar-refractivity contribution in [3.63, 3.8) is 0 Å². The Labute approximate surface area is 219 Å². The lowest BCUT2D eigenvalue weighted by atomic mass is 10.0. The second-order valence-corrected chi connectivity index (χ2v) is 11.5. The molecule has 0 bridgehead atoms. The van der Waals surface area contributed by atoms with E-state index in [9.17, 15) is 26.4 Å². The molecule has 198 valence electrons. The third-order valence-corrected chi connectivity index (χ3v) is 8.10. The van der Waals surface area contributed by atoms with Gasteiger partial charge in [-0.15, -0.1) is 0 Å². The van der Waals surface area contributed by atoms with Crippen molar-refractivity contribution in [2.75, 3.05) is 22.7 Å². The summed E-state index contributed by atoms with van der Waals surface area (Å²) < 4.78 is 65.5. The number of hydrogen-bond donors (Lipinski definition) is 0. The molecule has 38 heavy (non-hydrogen) atoms. The first-order valence-corrected chi connectivity index (χ1v) is 14.1. The first kappa shape index (κ1) is 26.0. The second-order valence-electron chi connectivity index (χ2n) is 9.48. The van der Waals surface area contributed by atoms with E-state index >= 15 is 0 Å². The summed E-state index contributed by atoms with van der Waals surface area (Å²) >= 11 is 0. The summed E-state index contributed by atoms with van der Waals surface area (Å²) in [7, 11) is -3.46. The minimum absolute atomic E-state index is 0.207. The Hall–Kier alpha value is -3.66. The molecule has 0 saturated carbocycles. The van der Waals surface area contributed by atoms with Gasteiger partial charge in [0.2, 0.25) is 0 Å². The lowest BCUT2D eigenvalue weighted by molar-refractivity contribution is -0.119. The number of nitrogens with zero attached hydrogens (tertiary/aromatic N) is 3. The molecule has 0 fully saturated rings. The number of halogens is 3. The zero-order chi connectivity index (χ0) is 27.2. The molecule has 1 atom stereocenters. The molecule has 2 aliphatic heterocycles. The fraction of sp³-hybridized carbons (Fsp3) is 0.286. The van der Waals surface area contributed by atoms with Crippen LogP contribution in [0.5, 0.6) is 0 Å². The lowest BCUT2D eigenvalue weighted by Crippen LogP contribution is -2.45. The van der Waals surface area contributed by atoms with Crippen LogP contribution in [0.3, 0.4) is 0 Å². The Morgan fingerprint density at radius 3 is 2.53 bits per heavy atom. The molecule has 10 heteroatoms. The number of benzene rings is 3. The number of alkyl halides is 3. The van der Waals surface area contributed by atoms with E-state index in [1.165, 1.54) is 9.91 Å². The van der Waals surface area contributed by atoms with Gasteiger partial charge in [0, 0.05) is 30.5 Å². The van der Waals surface area contributed by atoms with E-state index < -0.39 is 40.1 Å². The van der Waals surface area contributed by atoms with Crippen molar-refractivity contribution in [3.8, 4) is 11.1 Å². The Bertz CT molecular complexity index is 1550. The predicted molar refractivity (Wildman–Crippen MR) is 141 cm³/mol. The quantitative estimate of drug-likeness (QED) is 0.434. The van der Waals surface area contributed by atoms with Gasteiger partial charge >= 0.3 is 6.18 Å². The van der Waals surface area contributed by atoms with E-state index in [1.54, 1.807) is 54.6 Å². The molecule has 0 aromatic heterocycles. The van der Waals surface area contributed by atoms with Crippen LogP contribution in [0.1, 0.15) is 24.5 Å². The molecule has 1 amide bonds. The number of amides is 1. The standard InChI is InChI=1S/C28H26F3N3O3S/c1-3-18-7-6-8-21(15-18)34-24(17-26(32-34)28(29,30)31)27(35)33-14-13-20-16-19(11-12-23(20)33)22-9-4-5-10-25(22)38(2,36)37/h4-12,15-16,24H,3,13-14,17H2,1-2H3. The number of hydrazone groups is 1. The third-order valence-electron chi connectivity index (χ3n) is 6.94. The lowest BCUT2D eigenvalue weighted by Gasteiger charge is -2.28. The maximum absolute atomic E-state index is 13.7. The van der Waals surface area contributed by atoms with E-state index in [2.05, 4.69) is 5.10 Å². The highest BCUT2D eigenvalue weighted by molar-refractivity contribution is 7.90. The SMILES string of the molecule is CCc1cccc(N2N=C(C(F)(F)F)CC2C(=O)N2CCc3cc(-c4ccccc4S(C)(=O)=O)ccc32)c1. The molecule has 1 unspecified atom stereocenters. The maximum atomic E-state index is 13.7. The van der Waals surface area contributed by atoms with Crippen molar-refractivity contribution in [2.45, 2.75) is 43.3 Å². The maximum Gasteiger partial charge on any atom is 0.431 e. The number of hydrogen-bond acceptors (Lipinski definition) is 5. The van der Waals surface area contributed by atoms with Crippen LogP contribution in [0.15, 0.2) is 76.7 Å². The molecule has 0 radical (unpaired) electrons. The Morgan fingerprint density at radius 1 is 1.05 bits per heavy atom. The first-order valence-electron chi connectivity index (χ1n) is 12.2. The number of rotatable bonds is 5. The smallest absolute Gasteiger partial charge is 0.310 e. The first-order chi connectivity index (χ1) is 18.0. The van der Waals surface area contributed by atoms with Crippen molar-refractivity contribution in [3.05, 3.63) is 77.9 Å². The Morgan fingerprint density at radius 2 is 1.82 bits per heavy atom. The van der Waals surface area contributed by atoms with Crippen LogP contribution in [-0.4, -0.2) is 45.1 Å². The van der Waals surface area contributed by atoms with Crippen molar-refractivity contribution >= 4 is 32.8 Å². The molecule has 0 saturated heterocycles. The molecular weight excluding hydrogens is 515 g/mol. The van der Waals surface area contributed by atoms with Crippen LogP contribution < -0.4 is 9.91 Å². The molecule has 0 spiro atoms. The molecular formula is C28H26F3N3O3S. The molecule has 6 nitrogen and oxygen atoms in total. The van der Waals surface area contributed by atoms with E-state index in [-0.39, 0.29) is 4.90 Å². The summed E-state index contributed by atoms with van der Waals surface area (Å²) in [6, 6.07) is 17.9. The minimum atomic E-state index is -4.64. The highest BCUT2D eigenvalue weighted by Gasteiger charge is 2.47. The normalized spacial score (nSPS) is 17.5. The number of carbonyl (C=O) groups is 1. The van der Waals surface area contributed by atoms with E-state index in [1.807, 2.05) is 19.1 Å². The average molecular weight is 542 g/mol. The molecule has 3 aromatic rings. The number of fused-ring (bicyclic) bond motifs is 1. The number of aryl methyl sites for hydroxylation is 1. The van der Waals surface area contributed by atoms with Gasteiger partial charge in [-0.1, -0.05) is 43.3 Å². The van der Waals surface area contributed by atoms with Crippen molar-refractivity contribution < 1.29 is 26.4 Å². The zero-order valence-electron chi connectivity index (χ0n) is 20.9. The summed E-state index contributed by atoms with van der Waals surface area (Å²) in [5, 5.41) is 5.04. The van der Waals surface area contributed by atoms with Gasteiger partial charge in [0.1, 0.15) is 11.8 Å². The summed E-state index contributed by atoms with van der Waals surface area (Å²) in [4.78, 5) is 15.4. The molecule has 5 rings (SSSR count). The van der Waals surface area contributed by atoms with E-state index in [4.69, 9.17) is 0 Å². The van der Waals surface area contributed by atoms with Gasteiger partial charge in [-0.25, -0.2) is 8.42 Å². The largest absolute Gasteiger partial charge is 0.431 e. The van der Waals surface area contributed by atoms with E-state index in [0.717, 1.165) is 17.4 Å². The number of sulfone groups is 1. The van der Waals surface area contributed by atoms with Crippen LogP contribution in [-0.2, 0) is 27.5 Å². The fourth-order valence-corrected chi connectivity index (χ4v) is 5.95. The number of carbonyl (C=O) groups excluding carboxylic acids is 1. The second kappa shape index (κ2) is 9.58. The summed E-state index contributed by atoms with van der Waals surface area (Å²) in [6.45, 7) is 2.26. The highest BCUT2D eigenvalue weighted by atomic mass is 32.2. The molecule has 2 aliphatic rings. The van der Waals surface area contributed by atoms with Gasteiger partial charge in [0.05, 0.1) is 10.6 Å². The van der Waals surface area contributed by atoms with Crippen LogP contribution in [0.2, 0.25) is 0 Å². The highest BCUT2D eigenvalue weighted by Crippen LogP contribution is 2.38. The van der Waals surface area contributed by atoms with Crippen LogP contribution in [0, 0.1) is 0 Å². The van der Waals surface area contributed by atoms with Crippen LogP contribution in [0.4, 0.5) is 24.5 Å². The van der Waals surface area contributed by atoms with Crippen LogP contribution >= 0.6 is 0 Å². The molecule has 0 aliphatic carbocycles. The van der Waals surface area contributed by atoms with Crippen molar-refractivity contribution in [1.82, 2.24) is 0 Å². The van der Waals surface area contributed by atoms with E-state index in [0.29, 0.717) is 41.9 Å². The van der Waals surface area contributed by atoms with Gasteiger partial charge in [-0.2, -0.15) is 18.3 Å². The average Bonchev–Trinajstić information content (AvgIpc) is 3.53. The monoisotopic (exact) mass is 541 g/mol. The fourth-order valence-electron chi connectivity index (χ4n) is 5.04.